The predicted octanol–water partition coefficient (Wildman–Crippen LogP) is 3.84. The van der Waals surface area contributed by atoms with E-state index in [4.69, 9.17) is 16.3 Å². The van der Waals surface area contributed by atoms with Gasteiger partial charge in [0.1, 0.15) is 5.82 Å². The number of carbonyl (C=O) groups excluding carboxylic acids is 2. The molecule has 7 nitrogen and oxygen atoms in total. The number of nitrogens with one attached hydrogen (secondary N) is 1. The maximum atomic E-state index is 13.6. The van der Waals surface area contributed by atoms with Gasteiger partial charge in [-0.2, -0.15) is 4.31 Å². The molecule has 1 fully saturated rings. The Morgan fingerprint density at radius 3 is 2.42 bits per heavy atom. The molecule has 31 heavy (non-hydrogen) atoms. The molecule has 3 rings (SSSR count). The molecule has 0 unspecified atom stereocenters. The largest absolute Gasteiger partial charge is 0.452 e. The maximum absolute atomic E-state index is 13.6. The third kappa shape index (κ3) is 5.81. The van der Waals surface area contributed by atoms with Crippen LogP contribution in [-0.4, -0.2) is 44.3 Å². The van der Waals surface area contributed by atoms with Gasteiger partial charge in [-0.25, -0.2) is 17.6 Å². The number of rotatable bonds is 6. The number of carbonyl (C=O) groups is 2. The van der Waals surface area contributed by atoms with Crippen LogP contribution in [0.2, 0.25) is 5.02 Å². The van der Waals surface area contributed by atoms with E-state index in [1.165, 1.54) is 40.7 Å². The van der Waals surface area contributed by atoms with Crippen molar-refractivity contribution >= 4 is 39.2 Å². The molecule has 0 aromatic heterocycles. The fourth-order valence-electron chi connectivity index (χ4n) is 3.21. The van der Waals surface area contributed by atoms with Gasteiger partial charge in [-0.05, 0) is 43.2 Å². The molecular formula is C21H22ClFN2O5S. The molecule has 1 aliphatic heterocycles. The Morgan fingerprint density at radius 1 is 1.06 bits per heavy atom. The molecule has 0 bridgehead atoms. The fraction of sp³-hybridized carbons (Fsp3) is 0.333. The zero-order valence-corrected chi connectivity index (χ0v) is 18.2. The smallest absolute Gasteiger partial charge is 0.341 e. The summed E-state index contributed by atoms with van der Waals surface area (Å²) in [7, 11) is -3.73. The normalized spacial score (nSPS) is 15.2. The van der Waals surface area contributed by atoms with Crippen LogP contribution < -0.4 is 5.32 Å². The molecule has 1 N–H and O–H groups in total. The Balaban J connectivity index is 1.68. The standard InChI is InChI=1S/C21H22ClFN2O5S/c22-17-10-9-15(31(28,29)25-11-5-1-2-6-12-25)13-19(17)24-20(26)14-30-21(27)16-7-3-4-8-18(16)23/h3-4,7-10,13H,1-2,5-6,11-12,14H2,(H,24,26). The molecule has 0 atom stereocenters. The first-order valence-electron chi connectivity index (χ1n) is 9.80. The lowest BCUT2D eigenvalue weighted by Crippen LogP contribution is -2.32. The number of anilines is 1. The van der Waals surface area contributed by atoms with Crippen LogP contribution in [0.15, 0.2) is 47.4 Å². The van der Waals surface area contributed by atoms with E-state index in [2.05, 4.69) is 5.32 Å². The summed E-state index contributed by atoms with van der Waals surface area (Å²) in [6.45, 7) is 0.198. The summed E-state index contributed by atoms with van der Waals surface area (Å²) in [5.74, 6) is -2.49. The van der Waals surface area contributed by atoms with Crippen LogP contribution in [0.1, 0.15) is 36.0 Å². The van der Waals surface area contributed by atoms with Crippen LogP contribution in [0.3, 0.4) is 0 Å². The van der Waals surface area contributed by atoms with E-state index >= 15 is 0 Å². The number of benzene rings is 2. The molecular weight excluding hydrogens is 447 g/mol. The summed E-state index contributed by atoms with van der Waals surface area (Å²) in [5.41, 5.74) is -0.219. The molecule has 1 amide bonds. The Hall–Kier alpha value is -2.49. The van der Waals surface area contributed by atoms with Crippen molar-refractivity contribution in [3.8, 4) is 0 Å². The maximum Gasteiger partial charge on any atom is 0.341 e. The monoisotopic (exact) mass is 468 g/mol. The van der Waals surface area contributed by atoms with Gasteiger partial charge >= 0.3 is 5.97 Å². The zero-order valence-electron chi connectivity index (χ0n) is 16.6. The Morgan fingerprint density at radius 2 is 1.74 bits per heavy atom. The summed E-state index contributed by atoms with van der Waals surface area (Å²) in [4.78, 5) is 24.1. The van der Waals surface area contributed by atoms with Gasteiger partial charge in [-0.1, -0.05) is 36.6 Å². The van der Waals surface area contributed by atoms with Crippen molar-refractivity contribution in [2.45, 2.75) is 30.6 Å². The Kier molecular flexibility index (Phi) is 7.64. The van der Waals surface area contributed by atoms with E-state index in [-0.39, 0.29) is 21.2 Å². The second-order valence-corrected chi connectivity index (χ2v) is 9.41. The molecule has 0 saturated carbocycles. The van der Waals surface area contributed by atoms with Crippen LogP contribution in [0.5, 0.6) is 0 Å². The molecule has 1 heterocycles. The van der Waals surface area contributed by atoms with Crippen LogP contribution in [-0.2, 0) is 19.6 Å². The van der Waals surface area contributed by atoms with Gasteiger partial charge in [0.15, 0.2) is 6.61 Å². The minimum Gasteiger partial charge on any atom is -0.452 e. The Labute approximate surface area is 185 Å². The van der Waals surface area contributed by atoms with Crippen LogP contribution in [0, 0.1) is 5.82 Å². The number of hydrogen-bond acceptors (Lipinski definition) is 5. The minimum atomic E-state index is -3.73. The highest BCUT2D eigenvalue weighted by atomic mass is 35.5. The predicted molar refractivity (Wildman–Crippen MR) is 114 cm³/mol. The fourth-order valence-corrected chi connectivity index (χ4v) is 4.92. The van der Waals surface area contributed by atoms with E-state index < -0.39 is 34.3 Å². The van der Waals surface area contributed by atoms with Gasteiger partial charge in [-0.15, -0.1) is 0 Å². The Bertz CT molecular complexity index is 1070. The lowest BCUT2D eigenvalue weighted by atomic mass is 10.2. The van der Waals surface area contributed by atoms with E-state index in [0.29, 0.717) is 13.1 Å². The highest BCUT2D eigenvalue weighted by Crippen LogP contribution is 2.28. The average molecular weight is 469 g/mol. The SMILES string of the molecule is O=C(COC(=O)c1ccccc1F)Nc1cc(S(=O)(=O)N2CCCCCC2)ccc1Cl. The quantitative estimate of drug-likeness (QED) is 0.650. The van der Waals surface area contributed by atoms with Crippen LogP contribution in [0.25, 0.3) is 0 Å². The average Bonchev–Trinajstić information content (AvgIpc) is 3.04. The van der Waals surface area contributed by atoms with Crippen LogP contribution in [0.4, 0.5) is 10.1 Å². The lowest BCUT2D eigenvalue weighted by molar-refractivity contribution is -0.119. The number of esters is 1. The van der Waals surface area contributed by atoms with Crippen molar-refractivity contribution in [1.82, 2.24) is 4.31 Å². The van der Waals surface area contributed by atoms with Crippen molar-refractivity contribution in [2.75, 3.05) is 25.0 Å². The first kappa shape index (κ1) is 23.2. The third-order valence-corrected chi connectivity index (χ3v) is 7.07. The van der Waals surface area contributed by atoms with Gasteiger partial charge < -0.3 is 10.1 Å². The van der Waals surface area contributed by atoms with Gasteiger partial charge in [0.25, 0.3) is 5.91 Å². The van der Waals surface area contributed by atoms with Crippen molar-refractivity contribution in [3.63, 3.8) is 0 Å². The summed E-state index contributed by atoms with van der Waals surface area (Å²) < 4.78 is 45.8. The second kappa shape index (κ2) is 10.2. The highest BCUT2D eigenvalue weighted by Gasteiger charge is 2.26. The summed E-state index contributed by atoms with van der Waals surface area (Å²) in [5, 5.41) is 2.56. The highest BCUT2D eigenvalue weighted by molar-refractivity contribution is 7.89. The van der Waals surface area contributed by atoms with Crippen molar-refractivity contribution in [2.24, 2.45) is 0 Å². The first-order valence-corrected chi connectivity index (χ1v) is 11.6. The van der Waals surface area contributed by atoms with Crippen molar-refractivity contribution < 1.29 is 27.1 Å². The second-order valence-electron chi connectivity index (χ2n) is 7.06. The molecule has 0 radical (unpaired) electrons. The van der Waals surface area contributed by atoms with Gasteiger partial charge in [0, 0.05) is 13.1 Å². The lowest BCUT2D eigenvalue weighted by Gasteiger charge is -2.20. The van der Waals surface area contributed by atoms with Crippen LogP contribution >= 0.6 is 11.6 Å². The summed E-state index contributed by atoms with van der Waals surface area (Å²) in [6, 6.07) is 9.28. The molecule has 0 aliphatic carbocycles. The molecule has 1 saturated heterocycles. The molecule has 166 valence electrons. The first-order chi connectivity index (χ1) is 14.8. The van der Waals surface area contributed by atoms with Gasteiger partial charge in [-0.3, -0.25) is 4.79 Å². The van der Waals surface area contributed by atoms with E-state index in [1.54, 1.807) is 0 Å². The number of hydrogen-bond donors (Lipinski definition) is 1. The molecule has 10 heteroatoms. The number of halogens is 2. The number of amides is 1. The summed E-state index contributed by atoms with van der Waals surface area (Å²) >= 11 is 6.10. The molecule has 2 aromatic rings. The van der Waals surface area contributed by atoms with E-state index in [1.807, 2.05) is 0 Å². The van der Waals surface area contributed by atoms with E-state index in [9.17, 15) is 22.4 Å². The zero-order chi connectivity index (χ0) is 22.4. The number of sulfonamides is 1. The van der Waals surface area contributed by atoms with Gasteiger partial charge in [0.2, 0.25) is 10.0 Å². The molecule has 1 aliphatic rings. The number of ether oxygens (including phenoxy) is 1. The van der Waals surface area contributed by atoms with Gasteiger partial charge in [0.05, 0.1) is 21.2 Å². The molecule has 0 spiro atoms. The number of nitrogens with zero attached hydrogens (tertiary/aromatic N) is 1. The third-order valence-electron chi connectivity index (χ3n) is 4.84. The topological polar surface area (TPSA) is 92.8 Å². The van der Waals surface area contributed by atoms with Crippen molar-refractivity contribution in [3.05, 3.63) is 58.9 Å². The van der Waals surface area contributed by atoms with E-state index in [0.717, 1.165) is 31.7 Å². The molecule has 2 aromatic carbocycles. The van der Waals surface area contributed by atoms with Crippen molar-refractivity contribution in [1.29, 1.82) is 0 Å². The minimum absolute atomic E-state index is 0.0115. The summed E-state index contributed by atoms with van der Waals surface area (Å²) in [6.07, 6.45) is 3.56.